The van der Waals surface area contributed by atoms with E-state index in [1.165, 1.54) is 18.2 Å². The summed E-state index contributed by atoms with van der Waals surface area (Å²) in [5.74, 6) is -1.12. The Bertz CT molecular complexity index is 811. The first-order chi connectivity index (χ1) is 11.3. The second-order valence-corrected chi connectivity index (χ2v) is 8.17. The lowest BCUT2D eigenvalue weighted by atomic mass is 9.97. The van der Waals surface area contributed by atoms with Gasteiger partial charge in [0.05, 0.1) is 4.47 Å². The molecule has 24 heavy (non-hydrogen) atoms. The van der Waals surface area contributed by atoms with E-state index >= 15 is 0 Å². The standard InChI is InChI=1S/C17H19BrFNO3S/c1-12-5-2-3-6-14(12)9-13(11-21)10-20-24(22,23)16-8-4-7-15(18)17(16)19/h2-8,13,20-21H,9-11H2,1H3. The molecule has 1 atom stereocenters. The molecule has 0 saturated carbocycles. The number of hydrogen-bond acceptors (Lipinski definition) is 3. The molecule has 0 aliphatic carbocycles. The van der Waals surface area contributed by atoms with Crippen molar-refractivity contribution >= 4 is 26.0 Å². The summed E-state index contributed by atoms with van der Waals surface area (Å²) >= 11 is 2.98. The minimum atomic E-state index is -3.99. The Balaban J connectivity index is 2.10. The third-order valence-electron chi connectivity index (χ3n) is 3.80. The number of halogens is 2. The smallest absolute Gasteiger partial charge is 0.243 e. The van der Waals surface area contributed by atoms with Crippen molar-refractivity contribution in [3.63, 3.8) is 0 Å². The molecule has 7 heteroatoms. The fourth-order valence-corrected chi connectivity index (χ4v) is 4.06. The maximum atomic E-state index is 14.0. The Morgan fingerprint density at radius 1 is 1.21 bits per heavy atom. The summed E-state index contributed by atoms with van der Waals surface area (Å²) in [6.07, 6.45) is 0.534. The molecule has 0 aromatic heterocycles. The molecule has 0 amide bonds. The lowest BCUT2D eigenvalue weighted by molar-refractivity contribution is 0.226. The van der Waals surface area contributed by atoms with Gasteiger partial charge in [0.2, 0.25) is 10.0 Å². The van der Waals surface area contributed by atoms with Gasteiger partial charge < -0.3 is 5.11 Å². The van der Waals surface area contributed by atoms with E-state index < -0.39 is 20.7 Å². The van der Waals surface area contributed by atoms with Gasteiger partial charge in [0.25, 0.3) is 0 Å². The highest BCUT2D eigenvalue weighted by Crippen LogP contribution is 2.22. The van der Waals surface area contributed by atoms with Gasteiger partial charge in [-0.05, 0) is 58.5 Å². The van der Waals surface area contributed by atoms with Gasteiger partial charge in [-0.3, -0.25) is 0 Å². The molecule has 4 nitrogen and oxygen atoms in total. The molecule has 0 aliphatic rings. The van der Waals surface area contributed by atoms with Gasteiger partial charge in [-0.1, -0.05) is 30.3 Å². The Hall–Kier alpha value is -1.28. The van der Waals surface area contributed by atoms with Crippen molar-refractivity contribution in [2.75, 3.05) is 13.2 Å². The van der Waals surface area contributed by atoms with Crippen LogP contribution in [0.15, 0.2) is 51.8 Å². The second kappa shape index (κ2) is 8.20. The molecule has 0 radical (unpaired) electrons. The fourth-order valence-electron chi connectivity index (χ4n) is 2.35. The molecule has 0 bridgehead atoms. The molecule has 0 spiro atoms. The van der Waals surface area contributed by atoms with Crippen LogP contribution in [0.4, 0.5) is 4.39 Å². The van der Waals surface area contributed by atoms with E-state index in [2.05, 4.69) is 20.7 Å². The monoisotopic (exact) mass is 415 g/mol. The number of nitrogens with one attached hydrogen (secondary N) is 1. The lowest BCUT2D eigenvalue weighted by Gasteiger charge is -2.17. The van der Waals surface area contributed by atoms with Crippen molar-refractivity contribution in [1.82, 2.24) is 4.72 Å². The first-order valence-corrected chi connectivity index (χ1v) is 9.72. The van der Waals surface area contributed by atoms with Gasteiger partial charge in [0.15, 0.2) is 5.82 Å². The molecule has 130 valence electrons. The van der Waals surface area contributed by atoms with Crippen molar-refractivity contribution in [2.24, 2.45) is 5.92 Å². The van der Waals surface area contributed by atoms with Gasteiger partial charge >= 0.3 is 0 Å². The number of benzene rings is 2. The molecule has 0 fully saturated rings. The quantitative estimate of drug-likeness (QED) is 0.730. The lowest BCUT2D eigenvalue weighted by Crippen LogP contribution is -2.32. The van der Waals surface area contributed by atoms with E-state index in [-0.39, 0.29) is 23.5 Å². The van der Waals surface area contributed by atoms with E-state index in [9.17, 15) is 17.9 Å². The number of hydrogen-bond donors (Lipinski definition) is 2. The van der Waals surface area contributed by atoms with Crippen LogP contribution in [0.5, 0.6) is 0 Å². The molecule has 0 saturated heterocycles. The predicted octanol–water partition coefficient (Wildman–Crippen LogP) is 3.03. The molecule has 1 unspecified atom stereocenters. The van der Waals surface area contributed by atoms with Crippen LogP contribution in [0.25, 0.3) is 0 Å². The molecule has 0 aliphatic heterocycles. The number of rotatable bonds is 7. The zero-order valence-corrected chi connectivity index (χ0v) is 15.6. The first kappa shape index (κ1) is 19.1. The van der Waals surface area contributed by atoms with Gasteiger partial charge in [0, 0.05) is 13.2 Å². The van der Waals surface area contributed by atoms with Gasteiger partial charge in [-0.2, -0.15) is 0 Å². The minimum Gasteiger partial charge on any atom is -0.396 e. The number of aliphatic hydroxyl groups excluding tert-OH is 1. The summed E-state index contributed by atoms with van der Waals surface area (Å²) in [6, 6.07) is 11.8. The highest BCUT2D eigenvalue weighted by atomic mass is 79.9. The summed E-state index contributed by atoms with van der Waals surface area (Å²) in [5.41, 5.74) is 2.13. The predicted molar refractivity (Wildman–Crippen MR) is 94.7 cm³/mol. The normalized spacial score (nSPS) is 13.0. The topological polar surface area (TPSA) is 66.4 Å². The number of aryl methyl sites for hydroxylation is 1. The zero-order chi connectivity index (χ0) is 17.7. The third-order valence-corrected chi connectivity index (χ3v) is 5.85. The van der Waals surface area contributed by atoms with Gasteiger partial charge in [-0.15, -0.1) is 0 Å². The molecule has 2 aromatic rings. The van der Waals surface area contributed by atoms with Crippen molar-refractivity contribution in [3.8, 4) is 0 Å². The summed E-state index contributed by atoms with van der Waals surface area (Å²) in [5, 5.41) is 9.53. The molecule has 2 aromatic carbocycles. The molecule has 2 rings (SSSR count). The van der Waals surface area contributed by atoms with E-state index in [4.69, 9.17) is 0 Å². The second-order valence-electron chi connectivity index (χ2n) is 5.58. The summed E-state index contributed by atoms with van der Waals surface area (Å²) in [4.78, 5) is -0.413. The Kier molecular flexibility index (Phi) is 6.51. The van der Waals surface area contributed by atoms with Crippen LogP contribution in [0, 0.1) is 18.7 Å². The third kappa shape index (κ3) is 4.63. The van der Waals surface area contributed by atoms with Crippen molar-refractivity contribution in [1.29, 1.82) is 0 Å². The van der Waals surface area contributed by atoms with Crippen LogP contribution in [0.2, 0.25) is 0 Å². The molecule has 0 heterocycles. The van der Waals surface area contributed by atoms with Crippen molar-refractivity contribution in [3.05, 3.63) is 63.9 Å². The highest BCUT2D eigenvalue weighted by molar-refractivity contribution is 9.10. The highest BCUT2D eigenvalue weighted by Gasteiger charge is 2.22. The molecular formula is C17H19BrFNO3S. The summed E-state index contributed by atoms with van der Waals surface area (Å²) in [7, 11) is -3.99. The van der Waals surface area contributed by atoms with Crippen LogP contribution in [0.3, 0.4) is 0 Å². The number of sulfonamides is 1. The Morgan fingerprint density at radius 3 is 2.58 bits per heavy atom. The van der Waals surface area contributed by atoms with Crippen LogP contribution < -0.4 is 4.72 Å². The molecular weight excluding hydrogens is 397 g/mol. The summed E-state index contributed by atoms with van der Waals surface area (Å²) < 4.78 is 41.0. The summed E-state index contributed by atoms with van der Waals surface area (Å²) in [6.45, 7) is 1.82. The van der Waals surface area contributed by atoms with Crippen molar-refractivity contribution in [2.45, 2.75) is 18.2 Å². The average molecular weight is 416 g/mol. The Morgan fingerprint density at radius 2 is 1.92 bits per heavy atom. The van der Waals surface area contributed by atoms with Gasteiger partial charge in [0.1, 0.15) is 4.90 Å². The van der Waals surface area contributed by atoms with Crippen LogP contribution in [-0.4, -0.2) is 26.7 Å². The maximum absolute atomic E-state index is 14.0. The van der Waals surface area contributed by atoms with E-state index in [1.807, 2.05) is 31.2 Å². The van der Waals surface area contributed by atoms with Crippen molar-refractivity contribution < 1.29 is 17.9 Å². The average Bonchev–Trinajstić information content (AvgIpc) is 2.55. The Labute approximate surface area is 149 Å². The van der Waals surface area contributed by atoms with E-state index in [0.717, 1.165) is 11.1 Å². The van der Waals surface area contributed by atoms with Crippen LogP contribution in [-0.2, 0) is 16.4 Å². The molecule has 2 N–H and O–H groups in total. The number of aliphatic hydroxyl groups is 1. The maximum Gasteiger partial charge on any atom is 0.243 e. The largest absolute Gasteiger partial charge is 0.396 e. The SMILES string of the molecule is Cc1ccccc1CC(CO)CNS(=O)(=O)c1cccc(Br)c1F. The van der Waals surface area contributed by atoms with E-state index in [1.54, 1.807) is 0 Å². The fraction of sp³-hybridized carbons (Fsp3) is 0.294. The van der Waals surface area contributed by atoms with Crippen LogP contribution in [0.1, 0.15) is 11.1 Å². The van der Waals surface area contributed by atoms with Gasteiger partial charge in [-0.25, -0.2) is 17.5 Å². The zero-order valence-electron chi connectivity index (χ0n) is 13.2. The van der Waals surface area contributed by atoms with Crippen LogP contribution >= 0.6 is 15.9 Å². The van der Waals surface area contributed by atoms with E-state index in [0.29, 0.717) is 6.42 Å². The minimum absolute atomic E-state index is 0.0269. The first-order valence-electron chi connectivity index (χ1n) is 7.44.